The molecule has 0 amide bonds. The summed E-state index contributed by atoms with van der Waals surface area (Å²) in [5.41, 5.74) is 3.96. The van der Waals surface area contributed by atoms with Crippen LogP contribution < -0.4 is 10.1 Å². The van der Waals surface area contributed by atoms with Crippen LogP contribution in [0.2, 0.25) is 0 Å². The molecule has 0 unspecified atom stereocenters. The van der Waals surface area contributed by atoms with Crippen molar-refractivity contribution in [3.8, 4) is 5.75 Å². The fraction of sp³-hybridized carbons (Fsp3) is 0.600. The number of ether oxygens (including phenoxy) is 1. The predicted molar refractivity (Wildman–Crippen MR) is 71.8 cm³/mol. The van der Waals surface area contributed by atoms with E-state index in [1.807, 2.05) is 7.05 Å². The van der Waals surface area contributed by atoms with Crippen LogP contribution in [0.5, 0.6) is 5.75 Å². The van der Waals surface area contributed by atoms with Gasteiger partial charge in [-0.3, -0.25) is 0 Å². The molecule has 1 aromatic rings. The minimum absolute atomic E-state index is 0.812. The van der Waals surface area contributed by atoms with E-state index >= 15 is 0 Å². The van der Waals surface area contributed by atoms with Gasteiger partial charge in [-0.25, -0.2) is 0 Å². The first-order valence-corrected chi connectivity index (χ1v) is 6.59. The van der Waals surface area contributed by atoms with Crippen LogP contribution in [-0.2, 0) is 6.42 Å². The van der Waals surface area contributed by atoms with Gasteiger partial charge in [0.15, 0.2) is 0 Å². The van der Waals surface area contributed by atoms with Gasteiger partial charge >= 0.3 is 0 Å². The summed E-state index contributed by atoms with van der Waals surface area (Å²) in [6, 6.07) is 4.41. The van der Waals surface area contributed by atoms with E-state index in [0.29, 0.717) is 0 Å². The van der Waals surface area contributed by atoms with Crippen LogP contribution in [0.25, 0.3) is 0 Å². The van der Waals surface area contributed by atoms with Crippen molar-refractivity contribution in [1.29, 1.82) is 0 Å². The maximum absolute atomic E-state index is 6.04. The van der Waals surface area contributed by atoms with Crippen molar-refractivity contribution in [3.05, 3.63) is 28.8 Å². The molecule has 2 heteroatoms. The SMILES string of the molecule is CNCCc1ccc(C)c(C)c1OCC1CC1. The van der Waals surface area contributed by atoms with Gasteiger partial charge in [-0.15, -0.1) is 0 Å². The fourth-order valence-electron chi connectivity index (χ4n) is 1.99. The third kappa shape index (κ3) is 3.22. The van der Waals surface area contributed by atoms with Crippen LogP contribution in [0.3, 0.4) is 0 Å². The molecule has 0 aliphatic heterocycles. The smallest absolute Gasteiger partial charge is 0.125 e. The molecule has 0 atom stereocenters. The number of hydrogen-bond donors (Lipinski definition) is 1. The van der Waals surface area contributed by atoms with E-state index in [2.05, 4.69) is 31.3 Å². The highest BCUT2D eigenvalue weighted by Gasteiger charge is 2.22. The Balaban J connectivity index is 2.13. The molecule has 0 saturated heterocycles. The Morgan fingerprint density at radius 2 is 2.06 bits per heavy atom. The molecule has 2 rings (SSSR count). The second-order valence-corrected chi connectivity index (χ2v) is 5.10. The van der Waals surface area contributed by atoms with Gasteiger partial charge < -0.3 is 10.1 Å². The first-order valence-electron chi connectivity index (χ1n) is 6.59. The number of benzene rings is 1. The van der Waals surface area contributed by atoms with Crippen molar-refractivity contribution in [2.75, 3.05) is 20.2 Å². The Morgan fingerprint density at radius 3 is 2.71 bits per heavy atom. The summed E-state index contributed by atoms with van der Waals surface area (Å²) in [6.07, 6.45) is 3.73. The summed E-state index contributed by atoms with van der Waals surface area (Å²) in [6.45, 7) is 6.22. The normalized spacial score (nSPS) is 15.0. The number of hydrogen-bond acceptors (Lipinski definition) is 2. The Hall–Kier alpha value is -1.02. The average Bonchev–Trinajstić information content (AvgIpc) is 3.13. The second-order valence-electron chi connectivity index (χ2n) is 5.10. The summed E-state index contributed by atoms with van der Waals surface area (Å²) in [5.74, 6) is 1.94. The van der Waals surface area contributed by atoms with Crippen molar-refractivity contribution in [1.82, 2.24) is 5.32 Å². The van der Waals surface area contributed by atoms with E-state index in [4.69, 9.17) is 4.74 Å². The van der Waals surface area contributed by atoms with Gasteiger partial charge in [-0.1, -0.05) is 12.1 Å². The predicted octanol–water partition coefficient (Wildman–Crippen LogP) is 2.85. The fourth-order valence-corrected chi connectivity index (χ4v) is 1.99. The van der Waals surface area contributed by atoms with E-state index in [-0.39, 0.29) is 0 Å². The first-order chi connectivity index (χ1) is 8.22. The lowest BCUT2D eigenvalue weighted by Gasteiger charge is -2.16. The van der Waals surface area contributed by atoms with Crippen molar-refractivity contribution in [3.63, 3.8) is 0 Å². The van der Waals surface area contributed by atoms with Crippen LogP contribution in [0.15, 0.2) is 12.1 Å². The number of aryl methyl sites for hydroxylation is 1. The molecule has 1 fully saturated rings. The molecule has 0 bridgehead atoms. The van der Waals surface area contributed by atoms with Crippen LogP contribution >= 0.6 is 0 Å². The minimum Gasteiger partial charge on any atom is -0.493 e. The molecule has 1 aliphatic carbocycles. The number of rotatable bonds is 6. The summed E-state index contributed by atoms with van der Waals surface area (Å²) < 4.78 is 6.04. The van der Waals surface area contributed by atoms with Gasteiger partial charge in [0.25, 0.3) is 0 Å². The Kier molecular flexibility index (Phi) is 4.06. The zero-order valence-electron chi connectivity index (χ0n) is 11.2. The van der Waals surface area contributed by atoms with Gasteiger partial charge in [0.2, 0.25) is 0 Å². The van der Waals surface area contributed by atoms with E-state index < -0.39 is 0 Å². The maximum atomic E-state index is 6.04. The molecule has 94 valence electrons. The minimum atomic E-state index is 0.812. The van der Waals surface area contributed by atoms with Gasteiger partial charge in [0.1, 0.15) is 5.75 Å². The Bertz CT molecular complexity index is 383. The van der Waals surface area contributed by atoms with Crippen LogP contribution in [0.1, 0.15) is 29.5 Å². The lowest BCUT2D eigenvalue weighted by atomic mass is 10.0. The molecular weight excluding hydrogens is 210 g/mol. The van der Waals surface area contributed by atoms with Gasteiger partial charge in [-0.2, -0.15) is 0 Å². The molecule has 0 heterocycles. The lowest BCUT2D eigenvalue weighted by Crippen LogP contribution is -2.12. The van der Waals surface area contributed by atoms with E-state index in [9.17, 15) is 0 Å². The highest BCUT2D eigenvalue weighted by atomic mass is 16.5. The van der Waals surface area contributed by atoms with Gasteiger partial charge in [0.05, 0.1) is 6.61 Å². The van der Waals surface area contributed by atoms with Gasteiger partial charge in [0, 0.05) is 0 Å². The highest BCUT2D eigenvalue weighted by molar-refractivity contribution is 5.45. The molecule has 1 N–H and O–H groups in total. The van der Waals surface area contributed by atoms with Crippen molar-refractivity contribution in [2.45, 2.75) is 33.1 Å². The highest BCUT2D eigenvalue weighted by Crippen LogP contribution is 2.32. The Morgan fingerprint density at radius 1 is 1.29 bits per heavy atom. The molecule has 1 saturated carbocycles. The largest absolute Gasteiger partial charge is 0.493 e. The molecule has 1 aromatic carbocycles. The topological polar surface area (TPSA) is 21.3 Å². The van der Waals surface area contributed by atoms with Crippen LogP contribution in [-0.4, -0.2) is 20.2 Å². The molecular formula is C15H23NO. The van der Waals surface area contributed by atoms with E-state index in [1.165, 1.54) is 29.5 Å². The summed E-state index contributed by atoms with van der Waals surface area (Å²) in [4.78, 5) is 0. The van der Waals surface area contributed by atoms with Crippen molar-refractivity contribution < 1.29 is 4.74 Å². The van der Waals surface area contributed by atoms with Crippen LogP contribution in [0.4, 0.5) is 0 Å². The standard InChI is InChI=1S/C15H23NO/c1-11-4-7-14(8-9-16-3)15(12(11)2)17-10-13-5-6-13/h4,7,13,16H,5-6,8-10H2,1-3H3. The molecule has 17 heavy (non-hydrogen) atoms. The lowest BCUT2D eigenvalue weighted by molar-refractivity contribution is 0.294. The van der Waals surface area contributed by atoms with E-state index in [1.54, 1.807) is 0 Å². The van der Waals surface area contributed by atoms with Crippen molar-refractivity contribution in [2.24, 2.45) is 5.92 Å². The number of likely N-dealkylation sites (N-methyl/N-ethyl adjacent to an activating group) is 1. The molecule has 2 nitrogen and oxygen atoms in total. The molecule has 0 spiro atoms. The average molecular weight is 233 g/mol. The third-order valence-electron chi connectivity index (χ3n) is 3.56. The summed E-state index contributed by atoms with van der Waals surface area (Å²) >= 11 is 0. The quantitative estimate of drug-likeness (QED) is 0.816. The molecule has 0 aromatic heterocycles. The van der Waals surface area contributed by atoms with Crippen molar-refractivity contribution >= 4 is 0 Å². The molecule has 0 radical (unpaired) electrons. The summed E-state index contributed by atoms with van der Waals surface area (Å²) in [7, 11) is 1.99. The monoisotopic (exact) mass is 233 g/mol. The molecule has 1 aliphatic rings. The zero-order chi connectivity index (χ0) is 12.3. The zero-order valence-corrected chi connectivity index (χ0v) is 11.2. The third-order valence-corrected chi connectivity index (χ3v) is 3.56. The Labute approximate surface area is 104 Å². The van der Waals surface area contributed by atoms with Crippen LogP contribution in [0, 0.1) is 19.8 Å². The number of nitrogens with one attached hydrogen (secondary N) is 1. The first kappa shape index (κ1) is 12.4. The summed E-state index contributed by atoms with van der Waals surface area (Å²) in [5, 5.41) is 3.20. The second kappa shape index (κ2) is 5.54. The van der Waals surface area contributed by atoms with Gasteiger partial charge in [-0.05, 0) is 69.3 Å². The van der Waals surface area contributed by atoms with E-state index in [0.717, 1.165) is 31.2 Å². The maximum Gasteiger partial charge on any atom is 0.125 e.